The molecule has 9 nitrogen and oxygen atoms in total. The Bertz CT molecular complexity index is 1540. The number of methoxy groups -OCH3 is 1. The van der Waals surface area contributed by atoms with Crippen molar-refractivity contribution >= 4 is 80.7 Å². The van der Waals surface area contributed by atoms with Gasteiger partial charge in [0.1, 0.15) is 0 Å². The normalized spacial score (nSPS) is 15.1. The highest BCUT2D eigenvalue weighted by molar-refractivity contribution is 6.35. The predicted molar refractivity (Wildman–Crippen MR) is 177 cm³/mol. The highest BCUT2D eigenvalue weighted by Gasteiger charge is 2.23. The lowest BCUT2D eigenvalue weighted by atomic mass is 10.2. The number of hydrogen-bond acceptors (Lipinski definition) is 7. The third-order valence-corrected chi connectivity index (χ3v) is 7.94. The van der Waals surface area contributed by atoms with Crippen LogP contribution in [0.5, 0.6) is 5.88 Å². The molecule has 0 bridgehead atoms. The minimum absolute atomic E-state index is 0.239. The van der Waals surface area contributed by atoms with Gasteiger partial charge in [0, 0.05) is 83.8 Å². The largest absolute Gasteiger partial charge is 0.478 e. The molecule has 0 radical (unpaired) electrons. The lowest BCUT2D eigenvalue weighted by Crippen LogP contribution is -2.50. The number of piperazine rings is 2. The van der Waals surface area contributed by atoms with Crippen molar-refractivity contribution in [3.8, 4) is 5.88 Å². The summed E-state index contributed by atoms with van der Waals surface area (Å²) in [6, 6.07) is 18.3. The van der Waals surface area contributed by atoms with E-state index in [1.807, 2.05) is 48.5 Å². The summed E-state index contributed by atoms with van der Waals surface area (Å²) in [7, 11) is 1.50. The fourth-order valence-corrected chi connectivity index (χ4v) is 5.95. The van der Waals surface area contributed by atoms with E-state index in [0.29, 0.717) is 63.1 Å². The Morgan fingerprint density at radius 1 is 0.744 bits per heavy atom. The van der Waals surface area contributed by atoms with Crippen LogP contribution in [0.4, 0.5) is 22.0 Å². The van der Waals surface area contributed by atoms with Crippen molar-refractivity contribution in [2.45, 2.75) is 0 Å². The summed E-state index contributed by atoms with van der Waals surface area (Å²) in [5.74, 6) is 0.588. The monoisotopic (exact) mass is 661 g/mol. The first-order valence-electron chi connectivity index (χ1n) is 13.8. The first kappa shape index (κ1) is 31.2. The summed E-state index contributed by atoms with van der Waals surface area (Å²) < 4.78 is 5.30. The third-order valence-electron chi connectivity index (χ3n) is 7.07. The third kappa shape index (κ3) is 8.25. The number of ether oxygens (including phenoxy) is 1. The highest BCUT2D eigenvalue weighted by atomic mass is 35.5. The number of urea groups is 1. The maximum Gasteiger partial charge on any atom is 0.323 e. The van der Waals surface area contributed by atoms with Crippen LogP contribution in [0.2, 0.25) is 20.1 Å². The van der Waals surface area contributed by atoms with E-state index in [1.54, 1.807) is 17.0 Å². The van der Waals surface area contributed by atoms with Crippen LogP contribution >= 0.6 is 46.4 Å². The second-order valence-electron chi connectivity index (χ2n) is 9.97. The van der Waals surface area contributed by atoms with E-state index < -0.39 is 0 Å². The van der Waals surface area contributed by atoms with E-state index in [0.717, 1.165) is 37.6 Å². The van der Waals surface area contributed by atoms with Crippen molar-refractivity contribution in [3.05, 3.63) is 80.8 Å². The minimum atomic E-state index is -0.239. The molecule has 4 aromatic rings. The molecule has 0 unspecified atom stereocenters. The van der Waals surface area contributed by atoms with Gasteiger partial charge in [0.25, 0.3) is 5.88 Å². The second-order valence-corrected chi connectivity index (χ2v) is 11.7. The Kier molecular flexibility index (Phi) is 10.5. The molecule has 0 saturated carbocycles. The number of aromatic nitrogens is 2. The van der Waals surface area contributed by atoms with Crippen LogP contribution in [0.1, 0.15) is 0 Å². The lowest BCUT2D eigenvalue weighted by molar-refractivity contribution is 0.208. The van der Waals surface area contributed by atoms with Gasteiger partial charge in [-0.25, -0.2) is 14.8 Å². The number of amides is 2. The van der Waals surface area contributed by atoms with E-state index in [4.69, 9.17) is 51.1 Å². The predicted octanol–water partition coefficient (Wildman–Crippen LogP) is 6.70. The Labute approximate surface area is 270 Å². The number of carbonyl (C=O) groups excluding carboxylic acids is 1. The van der Waals surface area contributed by atoms with Crippen LogP contribution in [-0.2, 0) is 0 Å². The molecule has 0 aliphatic carbocycles. The van der Waals surface area contributed by atoms with Gasteiger partial charge in [-0.15, -0.1) is 0 Å². The lowest BCUT2D eigenvalue weighted by Gasteiger charge is -2.36. The van der Waals surface area contributed by atoms with Gasteiger partial charge in [-0.2, -0.15) is 0 Å². The number of para-hydroxylation sites is 2. The number of benzene rings is 3. The average Bonchev–Trinajstić information content (AvgIpc) is 3.00. The molecule has 1 aromatic heterocycles. The zero-order chi connectivity index (χ0) is 30.3. The van der Waals surface area contributed by atoms with Gasteiger partial charge in [-0.05, 0) is 48.5 Å². The maximum atomic E-state index is 12.8. The quantitative estimate of drug-likeness (QED) is 0.252. The molecule has 3 heterocycles. The molecule has 2 aliphatic rings. The standard InChI is InChI=1S/C20H19Cl2N5O2.C10H12Cl2N2/c1-29-19-18(23-16-4-2-3-5-17(16)24-19)25-20(28)27-8-6-26(7-9-27)15-11-13(21)10-14(22)12-15;11-8-5-9(12)7-10(6-8)14-3-1-13-2-4-14/h2-5,10-12H,6-9H2,1H3,(H,23,25,28);5-7,13H,1-4H2. The second kappa shape index (κ2) is 14.5. The van der Waals surface area contributed by atoms with E-state index in [1.165, 1.54) is 7.11 Å². The SMILES string of the molecule is COc1nc2ccccc2nc1NC(=O)N1CCN(c2cc(Cl)cc(Cl)c2)CC1.Clc1cc(Cl)cc(N2CCNCC2)c1. The van der Waals surface area contributed by atoms with Crippen LogP contribution < -0.4 is 25.2 Å². The topological polar surface area (TPSA) is 85.9 Å². The average molecular weight is 663 g/mol. The number of anilines is 3. The molecular weight excluding hydrogens is 632 g/mol. The van der Waals surface area contributed by atoms with E-state index in [2.05, 4.69) is 30.4 Å². The smallest absolute Gasteiger partial charge is 0.323 e. The number of rotatable bonds is 4. The Balaban J connectivity index is 0.000000220. The fraction of sp³-hybridized carbons (Fsp3) is 0.300. The molecule has 2 fully saturated rings. The summed E-state index contributed by atoms with van der Waals surface area (Å²) in [6.45, 7) is 6.51. The van der Waals surface area contributed by atoms with Gasteiger partial charge in [0.15, 0.2) is 5.82 Å². The summed E-state index contributed by atoms with van der Waals surface area (Å²) in [6.07, 6.45) is 0. The molecule has 0 atom stereocenters. The molecule has 6 rings (SSSR count). The van der Waals surface area contributed by atoms with Gasteiger partial charge >= 0.3 is 6.03 Å². The maximum absolute atomic E-state index is 12.8. The van der Waals surface area contributed by atoms with Crippen LogP contribution in [0.15, 0.2) is 60.7 Å². The van der Waals surface area contributed by atoms with Gasteiger partial charge in [0.05, 0.1) is 18.1 Å². The van der Waals surface area contributed by atoms with Crippen LogP contribution in [-0.4, -0.2) is 80.4 Å². The Morgan fingerprint density at radius 3 is 1.74 bits per heavy atom. The molecule has 13 heteroatoms. The number of nitrogens with zero attached hydrogens (tertiary/aromatic N) is 5. The minimum Gasteiger partial charge on any atom is -0.478 e. The zero-order valence-electron chi connectivity index (χ0n) is 23.5. The van der Waals surface area contributed by atoms with Crippen molar-refractivity contribution in [1.29, 1.82) is 0 Å². The number of hydrogen-bond donors (Lipinski definition) is 2. The van der Waals surface area contributed by atoms with Crippen molar-refractivity contribution < 1.29 is 9.53 Å². The van der Waals surface area contributed by atoms with Gasteiger partial charge in [-0.3, -0.25) is 5.32 Å². The first-order valence-corrected chi connectivity index (χ1v) is 15.3. The number of halogens is 4. The first-order chi connectivity index (χ1) is 20.8. The number of carbonyl (C=O) groups is 1. The summed E-state index contributed by atoms with van der Waals surface area (Å²) in [5, 5.41) is 8.71. The molecule has 3 aromatic carbocycles. The summed E-state index contributed by atoms with van der Waals surface area (Å²) in [5.41, 5.74) is 3.45. The molecule has 2 N–H and O–H groups in total. The summed E-state index contributed by atoms with van der Waals surface area (Å²) >= 11 is 24.1. The fourth-order valence-electron chi connectivity index (χ4n) is 4.92. The van der Waals surface area contributed by atoms with Crippen molar-refractivity contribution in [1.82, 2.24) is 20.2 Å². The van der Waals surface area contributed by atoms with Gasteiger partial charge < -0.3 is 24.8 Å². The van der Waals surface area contributed by atoms with E-state index in [-0.39, 0.29) is 11.9 Å². The number of fused-ring (bicyclic) bond motifs is 1. The van der Waals surface area contributed by atoms with Crippen molar-refractivity contribution in [2.24, 2.45) is 0 Å². The highest BCUT2D eigenvalue weighted by Crippen LogP contribution is 2.28. The zero-order valence-corrected chi connectivity index (χ0v) is 26.5. The molecule has 0 spiro atoms. The molecule has 226 valence electrons. The van der Waals surface area contributed by atoms with Crippen LogP contribution in [0.3, 0.4) is 0 Å². The van der Waals surface area contributed by atoms with Crippen LogP contribution in [0.25, 0.3) is 11.0 Å². The summed E-state index contributed by atoms with van der Waals surface area (Å²) in [4.78, 5) is 27.8. The van der Waals surface area contributed by atoms with Crippen LogP contribution in [0, 0.1) is 0 Å². The Hall–Kier alpha value is -3.21. The molecule has 2 aliphatic heterocycles. The molecule has 43 heavy (non-hydrogen) atoms. The van der Waals surface area contributed by atoms with Gasteiger partial charge in [-0.1, -0.05) is 58.5 Å². The molecule has 2 saturated heterocycles. The molecule has 2 amide bonds. The van der Waals surface area contributed by atoms with Crippen molar-refractivity contribution in [3.63, 3.8) is 0 Å². The van der Waals surface area contributed by atoms with E-state index in [9.17, 15) is 4.79 Å². The number of nitrogens with one attached hydrogen (secondary N) is 2. The van der Waals surface area contributed by atoms with Gasteiger partial charge in [0.2, 0.25) is 0 Å². The van der Waals surface area contributed by atoms with Crippen molar-refractivity contribution in [2.75, 3.05) is 74.6 Å². The molecular formula is C30H31Cl4N7O2. The Morgan fingerprint density at radius 2 is 1.23 bits per heavy atom. The van der Waals surface area contributed by atoms with E-state index >= 15 is 0 Å².